The van der Waals surface area contributed by atoms with E-state index in [1.807, 2.05) is 65.0 Å². The molecule has 86 valence electrons. The van der Waals surface area contributed by atoms with Gasteiger partial charge in [-0.3, -0.25) is 5.41 Å². The van der Waals surface area contributed by atoms with E-state index in [1.165, 1.54) is 0 Å². The minimum atomic E-state index is 0.244. The van der Waals surface area contributed by atoms with Crippen LogP contribution in [0.2, 0.25) is 0 Å². The summed E-state index contributed by atoms with van der Waals surface area (Å²) in [4.78, 5) is 0. The Kier molecular flexibility index (Phi) is 13.6. The quantitative estimate of drug-likeness (QED) is 0.577. The molecule has 0 heterocycles. The average Bonchev–Trinajstić information content (AvgIpc) is 2.36. The number of hydrogen-bond donors (Lipinski definition) is 1. The molecule has 15 heavy (non-hydrogen) atoms. The maximum absolute atomic E-state index is 7.41. The third-order valence-corrected chi connectivity index (χ3v) is 1.32. The number of nitrogens with one attached hydrogen (secondary N) is 1. The fourth-order valence-electron chi connectivity index (χ4n) is 0.817. The molecule has 0 bridgehead atoms. The molecule has 0 unspecified atom stereocenters. The van der Waals surface area contributed by atoms with Crippen molar-refractivity contribution in [3.8, 4) is 0 Å². The predicted octanol–water partition coefficient (Wildman–Crippen LogP) is 4.10. The van der Waals surface area contributed by atoms with Crippen molar-refractivity contribution >= 4 is 5.90 Å². The largest absolute Gasteiger partial charge is 0.478 e. The van der Waals surface area contributed by atoms with Crippen LogP contribution in [0.1, 0.15) is 40.2 Å². The molecular formula is C13H23NO. The highest BCUT2D eigenvalue weighted by Crippen LogP contribution is 1.99. The van der Waals surface area contributed by atoms with Crippen LogP contribution in [0.15, 0.2) is 30.3 Å². The highest BCUT2D eigenvalue weighted by atomic mass is 16.5. The molecule has 0 aromatic heterocycles. The lowest BCUT2D eigenvalue weighted by atomic mass is 10.2. The summed E-state index contributed by atoms with van der Waals surface area (Å²) in [6.45, 7) is 10.4. The van der Waals surface area contributed by atoms with Gasteiger partial charge in [0.2, 0.25) is 5.90 Å². The van der Waals surface area contributed by atoms with Crippen molar-refractivity contribution in [2.75, 3.05) is 6.61 Å². The molecule has 2 heteroatoms. The topological polar surface area (TPSA) is 33.1 Å². The Balaban J connectivity index is 0. The number of hydrogen-bond acceptors (Lipinski definition) is 2. The minimum absolute atomic E-state index is 0.244. The van der Waals surface area contributed by atoms with Crippen molar-refractivity contribution in [2.24, 2.45) is 0 Å². The molecule has 0 amide bonds. The van der Waals surface area contributed by atoms with Crippen molar-refractivity contribution in [3.63, 3.8) is 0 Å². The highest BCUT2D eigenvalue weighted by Gasteiger charge is 1.97. The van der Waals surface area contributed by atoms with Crippen LogP contribution in [-0.2, 0) is 4.74 Å². The molecule has 0 fully saturated rings. The van der Waals surface area contributed by atoms with Gasteiger partial charge in [0, 0.05) is 5.56 Å². The summed E-state index contributed by atoms with van der Waals surface area (Å²) in [5.41, 5.74) is 0.828. The van der Waals surface area contributed by atoms with E-state index in [0.29, 0.717) is 6.61 Å². The van der Waals surface area contributed by atoms with E-state index >= 15 is 0 Å². The normalized spacial score (nSPS) is 7.53. The van der Waals surface area contributed by atoms with Gasteiger partial charge in [-0.25, -0.2) is 0 Å². The van der Waals surface area contributed by atoms with Gasteiger partial charge in [0.15, 0.2) is 0 Å². The van der Waals surface area contributed by atoms with Gasteiger partial charge in [-0.15, -0.1) is 0 Å². The van der Waals surface area contributed by atoms with Gasteiger partial charge >= 0.3 is 0 Å². The van der Waals surface area contributed by atoms with Crippen LogP contribution in [0, 0.1) is 5.41 Å². The van der Waals surface area contributed by atoms with Gasteiger partial charge in [-0.1, -0.05) is 45.9 Å². The lowest BCUT2D eigenvalue weighted by Crippen LogP contribution is -2.03. The third kappa shape index (κ3) is 7.74. The lowest BCUT2D eigenvalue weighted by molar-refractivity contribution is 0.325. The zero-order chi connectivity index (χ0) is 12.1. The van der Waals surface area contributed by atoms with E-state index in [9.17, 15) is 0 Å². The molecule has 1 aromatic rings. The van der Waals surface area contributed by atoms with E-state index in [2.05, 4.69) is 0 Å². The first-order chi connectivity index (χ1) is 7.34. The van der Waals surface area contributed by atoms with Crippen LogP contribution in [-0.4, -0.2) is 12.5 Å². The van der Waals surface area contributed by atoms with E-state index in [-0.39, 0.29) is 5.90 Å². The van der Waals surface area contributed by atoms with Crippen LogP contribution < -0.4 is 0 Å². The molecular weight excluding hydrogens is 186 g/mol. The standard InChI is InChI=1S/C9H11NO.2C2H6/c1-2-11-9(10)8-6-4-3-5-7-8;2*1-2/h3-7,10H,2H2,1H3;2*1-2H3. The van der Waals surface area contributed by atoms with E-state index < -0.39 is 0 Å². The van der Waals surface area contributed by atoms with Crippen LogP contribution in [0.3, 0.4) is 0 Å². The van der Waals surface area contributed by atoms with Crippen molar-refractivity contribution in [2.45, 2.75) is 34.6 Å². The molecule has 0 radical (unpaired) electrons. The molecule has 0 aliphatic carbocycles. The summed E-state index contributed by atoms with van der Waals surface area (Å²) in [6.07, 6.45) is 0. The fourth-order valence-corrected chi connectivity index (χ4v) is 0.817. The Morgan fingerprint density at radius 2 is 1.53 bits per heavy atom. The molecule has 0 saturated carbocycles. The molecule has 0 aliphatic heterocycles. The van der Waals surface area contributed by atoms with Crippen molar-refractivity contribution in [1.29, 1.82) is 5.41 Å². The van der Waals surface area contributed by atoms with Crippen molar-refractivity contribution in [1.82, 2.24) is 0 Å². The van der Waals surface area contributed by atoms with Gasteiger partial charge in [0.05, 0.1) is 6.61 Å². The van der Waals surface area contributed by atoms with Crippen LogP contribution in [0.25, 0.3) is 0 Å². The first-order valence-electron chi connectivity index (χ1n) is 5.61. The smallest absolute Gasteiger partial charge is 0.213 e. The zero-order valence-electron chi connectivity index (χ0n) is 10.5. The third-order valence-electron chi connectivity index (χ3n) is 1.32. The maximum atomic E-state index is 7.41. The summed E-state index contributed by atoms with van der Waals surface area (Å²) < 4.78 is 5.01. The van der Waals surface area contributed by atoms with Crippen molar-refractivity contribution < 1.29 is 4.74 Å². The molecule has 0 spiro atoms. The van der Waals surface area contributed by atoms with E-state index in [0.717, 1.165) is 5.56 Å². The van der Waals surface area contributed by atoms with Gasteiger partial charge < -0.3 is 4.74 Å². The number of ether oxygens (including phenoxy) is 1. The lowest BCUT2D eigenvalue weighted by Gasteiger charge is -2.02. The van der Waals surface area contributed by atoms with Gasteiger partial charge in [0.1, 0.15) is 0 Å². The first kappa shape index (κ1) is 16.1. The summed E-state index contributed by atoms with van der Waals surface area (Å²) in [5, 5.41) is 7.41. The summed E-state index contributed by atoms with van der Waals surface area (Å²) >= 11 is 0. The number of benzene rings is 1. The predicted molar refractivity (Wildman–Crippen MR) is 67.6 cm³/mol. The monoisotopic (exact) mass is 209 g/mol. The number of rotatable bonds is 2. The molecule has 0 saturated heterocycles. The second-order valence-corrected chi connectivity index (χ2v) is 2.13. The van der Waals surface area contributed by atoms with Crippen molar-refractivity contribution in [3.05, 3.63) is 35.9 Å². The zero-order valence-corrected chi connectivity index (χ0v) is 10.5. The maximum Gasteiger partial charge on any atom is 0.213 e. The fraction of sp³-hybridized carbons (Fsp3) is 0.462. The molecule has 1 rings (SSSR count). The summed E-state index contributed by atoms with van der Waals surface area (Å²) in [5.74, 6) is 0.244. The van der Waals surface area contributed by atoms with Gasteiger partial charge in [-0.05, 0) is 19.1 Å². The Hall–Kier alpha value is -1.31. The minimum Gasteiger partial charge on any atom is -0.478 e. The molecule has 2 nitrogen and oxygen atoms in total. The van der Waals surface area contributed by atoms with Gasteiger partial charge in [-0.2, -0.15) is 0 Å². The SMILES string of the molecule is CC.CC.CCOC(=N)c1ccccc1. The molecule has 0 atom stereocenters. The second kappa shape index (κ2) is 12.7. The Morgan fingerprint density at radius 1 is 1.07 bits per heavy atom. The molecule has 1 N–H and O–H groups in total. The molecule has 1 aromatic carbocycles. The van der Waals surface area contributed by atoms with Crippen LogP contribution >= 0.6 is 0 Å². The van der Waals surface area contributed by atoms with E-state index in [4.69, 9.17) is 10.1 Å². The van der Waals surface area contributed by atoms with Gasteiger partial charge in [0.25, 0.3) is 0 Å². The second-order valence-electron chi connectivity index (χ2n) is 2.13. The van der Waals surface area contributed by atoms with Crippen LogP contribution in [0.4, 0.5) is 0 Å². The summed E-state index contributed by atoms with van der Waals surface area (Å²) in [6, 6.07) is 9.42. The molecule has 0 aliphatic rings. The highest BCUT2D eigenvalue weighted by molar-refractivity contribution is 5.91. The van der Waals surface area contributed by atoms with Crippen LogP contribution in [0.5, 0.6) is 0 Å². The van der Waals surface area contributed by atoms with E-state index in [1.54, 1.807) is 0 Å². The Bertz CT molecular complexity index is 232. The Labute approximate surface area is 93.8 Å². The summed E-state index contributed by atoms with van der Waals surface area (Å²) in [7, 11) is 0. The average molecular weight is 209 g/mol. The Morgan fingerprint density at radius 3 is 1.93 bits per heavy atom. The first-order valence-corrected chi connectivity index (χ1v) is 5.61.